The average molecular weight is 354 g/mol. The SMILES string of the molecule is CCCC(=O)Nc1cc(C(=O)NCC(O)Cc2ccccc2)ccc1C. The van der Waals surface area contributed by atoms with E-state index < -0.39 is 6.10 Å². The van der Waals surface area contributed by atoms with E-state index in [-0.39, 0.29) is 18.4 Å². The minimum atomic E-state index is -0.657. The number of anilines is 1. The number of hydrogen-bond acceptors (Lipinski definition) is 3. The van der Waals surface area contributed by atoms with Gasteiger partial charge in [-0.3, -0.25) is 9.59 Å². The van der Waals surface area contributed by atoms with Crippen molar-refractivity contribution in [2.45, 2.75) is 39.2 Å². The fraction of sp³-hybridized carbons (Fsp3) is 0.333. The number of nitrogens with one attached hydrogen (secondary N) is 2. The van der Waals surface area contributed by atoms with E-state index in [4.69, 9.17) is 0 Å². The number of aryl methyl sites for hydroxylation is 1. The van der Waals surface area contributed by atoms with Crippen molar-refractivity contribution >= 4 is 17.5 Å². The minimum absolute atomic E-state index is 0.0635. The molecule has 1 atom stereocenters. The predicted molar refractivity (Wildman–Crippen MR) is 103 cm³/mol. The van der Waals surface area contributed by atoms with E-state index in [1.54, 1.807) is 18.2 Å². The Bertz CT molecular complexity index is 744. The Balaban J connectivity index is 1.93. The fourth-order valence-corrected chi connectivity index (χ4v) is 2.61. The van der Waals surface area contributed by atoms with Crippen LogP contribution in [0.4, 0.5) is 5.69 Å². The van der Waals surface area contributed by atoms with Crippen molar-refractivity contribution in [3.63, 3.8) is 0 Å². The molecule has 0 heterocycles. The van der Waals surface area contributed by atoms with Gasteiger partial charge in [-0.05, 0) is 36.6 Å². The van der Waals surface area contributed by atoms with E-state index in [0.717, 1.165) is 17.5 Å². The van der Waals surface area contributed by atoms with Gasteiger partial charge in [-0.15, -0.1) is 0 Å². The average Bonchev–Trinajstić information content (AvgIpc) is 2.62. The number of benzene rings is 2. The van der Waals surface area contributed by atoms with Crippen LogP contribution in [0.1, 0.15) is 41.3 Å². The molecule has 0 spiro atoms. The van der Waals surface area contributed by atoms with Crippen molar-refractivity contribution in [3.8, 4) is 0 Å². The molecule has 0 aromatic heterocycles. The van der Waals surface area contributed by atoms with E-state index in [2.05, 4.69) is 10.6 Å². The number of hydrogen-bond donors (Lipinski definition) is 3. The molecule has 0 aliphatic heterocycles. The summed E-state index contributed by atoms with van der Waals surface area (Å²) in [6.07, 6.45) is 1.04. The lowest BCUT2D eigenvalue weighted by molar-refractivity contribution is -0.116. The number of aliphatic hydroxyl groups is 1. The molecule has 0 saturated heterocycles. The van der Waals surface area contributed by atoms with Gasteiger partial charge in [0, 0.05) is 30.6 Å². The van der Waals surface area contributed by atoms with Gasteiger partial charge in [0.1, 0.15) is 0 Å². The highest BCUT2D eigenvalue weighted by molar-refractivity contribution is 5.97. The standard InChI is InChI=1S/C21H26N2O3/c1-3-7-20(25)23-19-13-17(11-10-15(19)2)21(26)22-14-18(24)12-16-8-5-4-6-9-16/h4-6,8-11,13,18,24H,3,7,12,14H2,1-2H3,(H,22,26)(H,23,25). The molecule has 0 bridgehead atoms. The van der Waals surface area contributed by atoms with Crippen LogP contribution in [0.3, 0.4) is 0 Å². The third-order valence-electron chi connectivity index (χ3n) is 4.06. The molecule has 1 unspecified atom stereocenters. The molecule has 0 aliphatic rings. The summed E-state index contributed by atoms with van der Waals surface area (Å²) in [5.41, 5.74) is 3.01. The highest BCUT2D eigenvalue weighted by Gasteiger charge is 2.12. The van der Waals surface area contributed by atoms with Crippen molar-refractivity contribution in [2.75, 3.05) is 11.9 Å². The van der Waals surface area contributed by atoms with Crippen LogP contribution in [0.5, 0.6) is 0 Å². The molecule has 26 heavy (non-hydrogen) atoms. The van der Waals surface area contributed by atoms with Crippen LogP contribution in [-0.4, -0.2) is 29.6 Å². The summed E-state index contributed by atoms with van der Waals surface area (Å²) in [4.78, 5) is 24.1. The van der Waals surface area contributed by atoms with Gasteiger partial charge in [-0.25, -0.2) is 0 Å². The molecule has 0 saturated carbocycles. The summed E-state index contributed by atoms with van der Waals surface area (Å²) in [5.74, 6) is -0.338. The molecule has 2 rings (SSSR count). The zero-order valence-corrected chi connectivity index (χ0v) is 15.3. The first-order valence-electron chi connectivity index (χ1n) is 8.90. The predicted octanol–water partition coefficient (Wildman–Crippen LogP) is 3.07. The Hall–Kier alpha value is -2.66. The second-order valence-electron chi connectivity index (χ2n) is 6.38. The largest absolute Gasteiger partial charge is 0.391 e. The smallest absolute Gasteiger partial charge is 0.251 e. The molecular weight excluding hydrogens is 328 g/mol. The molecule has 5 heteroatoms. The molecule has 5 nitrogen and oxygen atoms in total. The molecule has 0 fully saturated rings. The van der Waals surface area contributed by atoms with E-state index in [0.29, 0.717) is 24.1 Å². The lowest BCUT2D eigenvalue weighted by Crippen LogP contribution is -2.33. The molecule has 3 N–H and O–H groups in total. The van der Waals surface area contributed by atoms with Gasteiger partial charge in [0.15, 0.2) is 0 Å². The van der Waals surface area contributed by atoms with E-state index in [1.807, 2.05) is 44.2 Å². The lowest BCUT2D eigenvalue weighted by Gasteiger charge is -2.13. The van der Waals surface area contributed by atoms with Crippen molar-refractivity contribution in [1.82, 2.24) is 5.32 Å². The molecule has 2 aromatic carbocycles. The first-order chi connectivity index (χ1) is 12.5. The number of carbonyl (C=O) groups is 2. The summed E-state index contributed by atoms with van der Waals surface area (Å²) in [7, 11) is 0. The van der Waals surface area contributed by atoms with Crippen LogP contribution < -0.4 is 10.6 Å². The molecule has 0 radical (unpaired) electrons. The van der Waals surface area contributed by atoms with Crippen molar-refractivity contribution in [3.05, 3.63) is 65.2 Å². The number of rotatable bonds is 8. The van der Waals surface area contributed by atoms with Crippen LogP contribution in [-0.2, 0) is 11.2 Å². The number of carbonyl (C=O) groups excluding carboxylic acids is 2. The van der Waals surface area contributed by atoms with Crippen molar-refractivity contribution in [2.24, 2.45) is 0 Å². The van der Waals surface area contributed by atoms with Gasteiger partial charge in [0.05, 0.1) is 6.10 Å². The Labute approximate surface area is 154 Å². The lowest BCUT2D eigenvalue weighted by atomic mass is 10.1. The Morgan fingerprint density at radius 3 is 2.54 bits per heavy atom. The van der Waals surface area contributed by atoms with E-state index in [1.165, 1.54) is 0 Å². The van der Waals surface area contributed by atoms with Crippen LogP contribution >= 0.6 is 0 Å². The first-order valence-corrected chi connectivity index (χ1v) is 8.90. The third kappa shape index (κ3) is 6.01. The Morgan fingerprint density at radius 2 is 1.85 bits per heavy atom. The second-order valence-corrected chi connectivity index (χ2v) is 6.38. The zero-order valence-electron chi connectivity index (χ0n) is 15.3. The molecule has 138 valence electrons. The topological polar surface area (TPSA) is 78.4 Å². The Morgan fingerprint density at radius 1 is 1.12 bits per heavy atom. The normalized spacial score (nSPS) is 11.7. The van der Waals surface area contributed by atoms with Gasteiger partial charge < -0.3 is 15.7 Å². The molecule has 2 aromatic rings. The summed E-state index contributed by atoms with van der Waals surface area (Å²) >= 11 is 0. The van der Waals surface area contributed by atoms with Gasteiger partial charge in [-0.1, -0.05) is 43.3 Å². The fourth-order valence-electron chi connectivity index (χ4n) is 2.61. The van der Waals surface area contributed by atoms with Crippen LogP contribution in [0.2, 0.25) is 0 Å². The van der Waals surface area contributed by atoms with Gasteiger partial charge >= 0.3 is 0 Å². The van der Waals surface area contributed by atoms with Gasteiger partial charge in [0.2, 0.25) is 5.91 Å². The maximum Gasteiger partial charge on any atom is 0.251 e. The monoisotopic (exact) mass is 354 g/mol. The number of amides is 2. The minimum Gasteiger partial charge on any atom is -0.391 e. The summed E-state index contributed by atoms with van der Waals surface area (Å²) < 4.78 is 0. The van der Waals surface area contributed by atoms with Crippen LogP contribution in [0.25, 0.3) is 0 Å². The molecular formula is C21H26N2O3. The van der Waals surface area contributed by atoms with Gasteiger partial charge in [0.25, 0.3) is 5.91 Å². The highest BCUT2D eigenvalue weighted by atomic mass is 16.3. The van der Waals surface area contributed by atoms with E-state index >= 15 is 0 Å². The molecule has 0 aliphatic carbocycles. The van der Waals surface area contributed by atoms with Crippen molar-refractivity contribution in [1.29, 1.82) is 0 Å². The quantitative estimate of drug-likeness (QED) is 0.682. The van der Waals surface area contributed by atoms with E-state index in [9.17, 15) is 14.7 Å². The summed E-state index contributed by atoms with van der Waals surface area (Å²) in [6.45, 7) is 3.99. The molecule has 2 amide bonds. The van der Waals surface area contributed by atoms with Crippen LogP contribution in [0.15, 0.2) is 48.5 Å². The maximum absolute atomic E-state index is 12.3. The van der Waals surface area contributed by atoms with Gasteiger partial charge in [-0.2, -0.15) is 0 Å². The second kappa shape index (κ2) is 9.73. The number of aliphatic hydroxyl groups excluding tert-OH is 1. The zero-order chi connectivity index (χ0) is 18.9. The third-order valence-corrected chi connectivity index (χ3v) is 4.06. The summed E-state index contributed by atoms with van der Waals surface area (Å²) in [5, 5.41) is 15.7. The van der Waals surface area contributed by atoms with Crippen LogP contribution in [0, 0.1) is 6.92 Å². The summed E-state index contributed by atoms with van der Waals surface area (Å²) in [6, 6.07) is 14.8. The maximum atomic E-state index is 12.3. The highest BCUT2D eigenvalue weighted by Crippen LogP contribution is 2.17. The Kier molecular flexibility index (Phi) is 7.36. The first kappa shape index (κ1) is 19.7. The van der Waals surface area contributed by atoms with Crippen molar-refractivity contribution < 1.29 is 14.7 Å².